The Hall–Kier alpha value is -3.49. The Morgan fingerprint density at radius 3 is 2.22 bits per heavy atom. The minimum Gasteiger partial charge on any atom is -0.277 e. The van der Waals surface area contributed by atoms with E-state index in [-0.39, 0.29) is 4.90 Å². The number of rotatable bonds is 5. The van der Waals surface area contributed by atoms with Crippen molar-refractivity contribution >= 4 is 32.8 Å². The molecule has 0 amide bonds. The lowest BCUT2D eigenvalue weighted by molar-refractivity contribution is 0.602. The van der Waals surface area contributed by atoms with Crippen molar-refractivity contribution in [1.82, 2.24) is 19.5 Å². The van der Waals surface area contributed by atoms with Crippen molar-refractivity contribution in [2.24, 2.45) is 0 Å². The second kappa shape index (κ2) is 8.22. The number of hydrogen-bond acceptors (Lipinski definition) is 6. The summed E-state index contributed by atoms with van der Waals surface area (Å²) in [7, 11) is -3.27. The average molecular weight is 459 g/mol. The summed E-state index contributed by atoms with van der Waals surface area (Å²) in [4.78, 5) is 15.8. The molecule has 0 saturated carbocycles. The van der Waals surface area contributed by atoms with Crippen LogP contribution in [0.25, 0.3) is 28.2 Å². The van der Waals surface area contributed by atoms with Crippen LogP contribution in [0.4, 0.5) is 0 Å². The van der Waals surface area contributed by atoms with Crippen LogP contribution in [0.2, 0.25) is 0 Å². The highest BCUT2D eigenvalue weighted by Crippen LogP contribution is 2.31. The average Bonchev–Trinajstić information content (AvgIpc) is 3.19. The first-order valence-electron chi connectivity index (χ1n) is 9.81. The summed E-state index contributed by atoms with van der Waals surface area (Å²) < 4.78 is 25.6. The summed E-state index contributed by atoms with van der Waals surface area (Å²) in [6.07, 6.45) is 4.37. The molecule has 8 heteroatoms. The molecule has 5 aromatic rings. The highest BCUT2D eigenvalue weighted by Gasteiger charge is 2.16. The molecule has 0 spiro atoms. The second-order valence-corrected chi connectivity index (χ2v) is 10.4. The van der Waals surface area contributed by atoms with E-state index in [1.807, 2.05) is 34.9 Å². The van der Waals surface area contributed by atoms with Gasteiger partial charge in [0, 0.05) is 27.3 Å². The van der Waals surface area contributed by atoms with Gasteiger partial charge >= 0.3 is 0 Å². The Labute approximate surface area is 189 Å². The summed E-state index contributed by atoms with van der Waals surface area (Å²) >= 11 is 1.69. The van der Waals surface area contributed by atoms with Crippen LogP contribution < -0.4 is 0 Å². The highest BCUT2D eigenvalue weighted by atomic mass is 32.2. The van der Waals surface area contributed by atoms with Crippen LogP contribution in [0, 0.1) is 0 Å². The van der Waals surface area contributed by atoms with Crippen LogP contribution in [0.5, 0.6) is 0 Å². The normalized spacial score (nSPS) is 11.7. The molecule has 3 aromatic carbocycles. The molecular formula is C24H18N4O2S2. The van der Waals surface area contributed by atoms with Crippen LogP contribution in [0.15, 0.2) is 106 Å². The number of fused-ring (bicyclic) bond motifs is 1. The van der Waals surface area contributed by atoms with Gasteiger partial charge in [0.25, 0.3) is 0 Å². The SMILES string of the molecule is CS(=O)(=O)c1ccc(-c2nc3cncnc3n2-c2ccc(Sc3ccccc3)cc2)cc1. The van der Waals surface area contributed by atoms with Gasteiger partial charge in [0.1, 0.15) is 17.7 Å². The Morgan fingerprint density at radius 2 is 1.53 bits per heavy atom. The Morgan fingerprint density at radius 1 is 0.844 bits per heavy atom. The van der Waals surface area contributed by atoms with Crippen LogP contribution in [-0.2, 0) is 9.84 Å². The fourth-order valence-electron chi connectivity index (χ4n) is 3.41. The third-order valence-electron chi connectivity index (χ3n) is 4.94. The lowest BCUT2D eigenvalue weighted by Crippen LogP contribution is -2.00. The largest absolute Gasteiger partial charge is 0.277 e. The lowest BCUT2D eigenvalue weighted by Gasteiger charge is -2.10. The van der Waals surface area contributed by atoms with Crippen molar-refractivity contribution in [3.05, 3.63) is 91.4 Å². The lowest BCUT2D eigenvalue weighted by atomic mass is 10.2. The molecule has 2 heterocycles. The van der Waals surface area contributed by atoms with Crippen molar-refractivity contribution in [2.45, 2.75) is 14.7 Å². The molecule has 0 atom stereocenters. The van der Waals surface area contributed by atoms with Gasteiger partial charge in [-0.2, -0.15) is 0 Å². The van der Waals surface area contributed by atoms with Crippen LogP contribution in [0.3, 0.4) is 0 Å². The van der Waals surface area contributed by atoms with Gasteiger partial charge in [0.15, 0.2) is 15.5 Å². The fourth-order valence-corrected chi connectivity index (χ4v) is 4.88. The first-order chi connectivity index (χ1) is 15.5. The quantitative estimate of drug-likeness (QED) is 0.367. The summed E-state index contributed by atoms with van der Waals surface area (Å²) in [5.41, 5.74) is 3.05. The Balaban J connectivity index is 1.58. The van der Waals surface area contributed by atoms with Crippen LogP contribution in [0.1, 0.15) is 0 Å². The third kappa shape index (κ3) is 4.02. The number of benzene rings is 3. The number of imidazole rings is 1. The van der Waals surface area contributed by atoms with E-state index in [4.69, 9.17) is 4.98 Å². The predicted octanol–water partition coefficient (Wildman–Crippen LogP) is 5.04. The molecule has 32 heavy (non-hydrogen) atoms. The molecule has 5 rings (SSSR count). The maximum Gasteiger partial charge on any atom is 0.175 e. The maximum absolute atomic E-state index is 11.8. The van der Waals surface area contributed by atoms with Gasteiger partial charge in [0.05, 0.1) is 11.1 Å². The van der Waals surface area contributed by atoms with E-state index in [1.54, 1.807) is 42.2 Å². The van der Waals surface area contributed by atoms with Gasteiger partial charge in [-0.1, -0.05) is 30.0 Å². The molecule has 0 aliphatic heterocycles. The molecule has 0 unspecified atom stereocenters. The standard InChI is InChI=1S/C24H18N4O2S2/c1-32(29,30)21-13-7-17(8-14-21)23-27-22-15-25-16-26-24(22)28(23)18-9-11-20(12-10-18)31-19-5-3-2-4-6-19/h2-16H,1H3. The van der Waals surface area contributed by atoms with Crippen LogP contribution >= 0.6 is 11.8 Å². The summed E-state index contributed by atoms with van der Waals surface area (Å²) in [5.74, 6) is 0.670. The van der Waals surface area contributed by atoms with Gasteiger partial charge in [-0.15, -0.1) is 0 Å². The Kier molecular flexibility index (Phi) is 5.24. The number of sulfone groups is 1. The second-order valence-electron chi connectivity index (χ2n) is 7.21. The number of aromatic nitrogens is 4. The molecule has 0 radical (unpaired) electrons. The molecule has 0 bridgehead atoms. The molecule has 0 aliphatic rings. The fraction of sp³-hybridized carbons (Fsp3) is 0.0417. The Bertz CT molecular complexity index is 1500. The zero-order valence-corrected chi connectivity index (χ0v) is 18.7. The minimum atomic E-state index is -3.27. The molecule has 6 nitrogen and oxygen atoms in total. The smallest absolute Gasteiger partial charge is 0.175 e. The highest BCUT2D eigenvalue weighted by molar-refractivity contribution is 7.99. The van der Waals surface area contributed by atoms with Crippen molar-refractivity contribution in [1.29, 1.82) is 0 Å². The summed E-state index contributed by atoms with van der Waals surface area (Å²) in [6.45, 7) is 0. The van der Waals surface area contributed by atoms with E-state index in [0.29, 0.717) is 17.0 Å². The topological polar surface area (TPSA) is 77.7 Å². The summed E-state index contributed by atoms with van der Waals surface area (Å²) in [6, 6.07) is 25.1. The number of hydrogen-bond donors (Lipinski definition) is 0. The molecule has 158 valence electrons. The zero-order valence-electron chi connectivity index (χ0n) is 17.1. The first-order valence-corrected chi connectivity index (χ1v) is 12.5. The van der Waals surface area contributed by atoms with E-state index in [0.717, 1.165) is 16.1 Å². The molecule has 0 saturated heterocycles. The van der Waals surface area contributed by atoms with Gasteiger partial charge in [-0.3, -0.25) is 4.57 Å². The molecular weight excluding hydrogens is 440 g/mol. The maximum atomic E-state index is 11.8. The predicted molar refractivity (Wildman–Crippen MR) is 126 cm³/mol. The molecule has 0 N–H and O–H groups in total. The van der Waals surface area contributed by atoms with Gasteiger partial charge < -0.3 is 0 Å². The summed E-state index contributed by atoms with van der Waals surface area (Å²) in [5, 5.41) is 0. The van der Waals surface area contributed by atoms with E-state index in [2.05, 4.69) is 34.2 Å². The van der Waals surface area contributed by atoms with Crippen molar-refractivity contribution < 1.29 is 8.42 Å². The van der Waals surface area contributed by atoms with Crippen molar-refractivity contribution in [2.75, 3.05) is 6.26 Å². The monoisotopic (exact) mass is 458 g/mol. The zero-order chi connectivity index (χ0) is 22.1. The van der Waals surface area contributed by atoms with Crippen LogP contribution in [-0.4, -0.2) is 34.2 Å². The first kappa shape index (κ1) is 20.4. The van der Waals surface area contributed by atoms with E-state index >= 15 is 0 Å². The van der Waals surface area contributed by atoms with Gasteiger partial charge in [-0.25, -0.2) is 23.4 Å². The molecule has 0 fully saturated rings. The third-order valence-corrected chi connectivity index (χ3v) is 7.08. The van der Waals surface area contributed by atoms with Crippen molar-refractivity contribution in [3.63, 3.8) is 0 Å². The van der Waals surface area contributed by atoms with E-state index < -0.39 is 9.84 Å². The minimum absolute atomic E-state index is 0.269. The van der Waals surface area contributed by atoms with E-state index in [9.17, 15) is 8.42 Å². The van der Waals surface area contributed by atoms with Gasteiger partial charge in [0.2, 0.25) is 0 Å². The van der Waals surface area contributed by atoms with E-state index in [1.165, 1.54) is 17.5 Å². The number of nitrogens with zero attached hydrogens (tertiary/aromatic N) is 4. The molecule has 0 aliphatic carbocycles. The van der Waals surface area contributed by atoms with Gasteiger partial charge in [-0.05, 0) is 60.7 Å². The molecule has 2 aromatic heterocycles. The van der Waals surface area contributed by atoms with Crippen molar-refractivity contribution in [3.8, 4) is 17.1 Å².